The van der Waals surface area contributed by atoms with E-state index in [9.17, 15) is 8.42 Å². The Morgan fingerprint density at radius 2 is 2.00 bits per heavy atom. The Morgan fingerprint density at radius 3 is 2.10 bits per heavy atom. The van der Waals surface area contributed by atoms with Crippen LogP contribution in [0.4, 0.5) is 0 Å². The van der Waals surface area contributed by atoms with Gasteiger partial charge in [-0.1, -0.05) is 0 Å². The highest BCUT2D eigenvalue weighted by Crippen LogP contribution is 2.29. The molecular formula is C3H6N2O4S. The zero-order chi connectivity index (χ0) is 7.99. The summed E-state index contributed by atoms with van der Waals surface area (Å²) in [6.45, 7) is 1.25. The molecule has 0 aromatic carbocycles. The van der Waals surface area contributed by atoms with Crippen molar-refractivity contribution in [3.8, 4) is 0 Å². The number of rotatable bonds is 1. The third-order valence-corrected chi connectivity index (χ3v) is 2.06. The third-order valence-electron chi connectivity index (χ3n) is 1.01. The average molecular weight is 166 g/mol. The highest BCUT2D eigenvalue weighted by molar-refractivity contribution is 7.83. The van der Waals surface area contributed by atoms with Crippen LogP contribution < -0.4 is 5.73 Å². The Hall–Kier alpha value is -0.660. The van der Waals surface area contributed by atoms with E-state index in [4.69, 9.17) is 11.1 Å². The van der Waals surface area contributed by atoms with Crippen LogP contribution >= 0.6 is 0 Å². The predicted molar refractivity (Wildman–Crippen MR) is 31.4 cm³/mol. The molecule has 0 aromatic rings. The Kier molecular flexibility index (Phi) is 1.25. The van der Waals surface area contributed by atoms with E-state index in [0.717, 1.165) is 0 Å². The van der Waals surface area contributed by atoms with Crippen molar-refractivity contribution in [2.75, 3.05) is 0 Å². The van der Waals surface area contributed by atoms with E-state index in [1.165, 1.54) is 6.92 Å². The van der Waals surface area contributed by atoms with Gasteiger partial charge in [-0.25, -0.2) is 8.37 Å². The molecule has 1 heterocycles. The summed E-state index contributed by atoms with van der Waals surface area (Å²) < 4.78 is 28.8. The first kappa shape index (κ1) is 7.45. The first-order valence-corrected chi connectivity index (χ1v) is 3.70. The lowest BCUT2D eigenvalue weighted by atomic mass is 10.3. The van der Waals surface area contributed by atoms with E-state index in [1.54, 1.807) is 0 Å². The van der Waals surface area contributed by atoms with Crippen molar-refractivity contribution in [3.63, 3.8) is 0 Å². The molecular weight excluding hydrogens is 160 g/mol. The number of hydrogen-bond acceptors (Lipinski definition) is 5. The molecule has 0 unspecified atom stereocenters. The van der Waals surface area contributed by atoms with E-state index >= 15 is 0 Å². The molecule has 1 rings (SSSR count). The fourth-order valence-electron chi connectivity index (χ4n) is 0.486. The van der Waals surface area contributed by atoms with Gasteiger partial charge < -0.3 is 5.73 Å². The van der Waals surface area contributed by atoms with Crippen LogP contribution in [0.2, 0.25) is 0 Å². The van der Waals surface area contributed by atoms with Crippen molar-refractivity contribution in [2.45, 2.75) is 12.7 Å². The number of nitrogens with one attached hydrogen (secondary N) is 1. The van der Waals surface area contributed by atoms with Crippen LogP contribution in [0.1, 0.15) is 6.92 Å². The number of hydrogen-bond donors (Lipinski definition) is 2. The molecule has 0 aliphatic carbocycles. The minimum Gasteiger partial charge on any atom is -0.383 e. The minimum absolute atomic E-state index is 0.470. The molecule has 0 aromatic heterocycles. The Balaban J connectivity index is 2.76. The summed E-state index contributed by atoms with van der Waals surface area (Å²) in [6.07, 6.45) is 0. The molecule has 10 heavy (non-hydrogen) atoms. The summed E-state index contributed by atoms with van der Waals surface area (Å²) in [4.78, 5) is 0. The zero-order valence-electron chi connectivity index (χ0n) is 5.12. The zero-order valence-corrected chi connectivity index (χ0v) is 5.94. The lowest BCUT2D eigenvalue weighted by Gasteiger charge is -2.33. The molecule has 58 valence electrons. The second-order valence-corrected chi connectivity index (χ2v) is 3.08. The molecule has 0 amide bonds. The highest BCUT2D eigenvalue weighted by Gasteiger charge is 2.51. The van der Waals surface area contributed by atoms with Crippen LogP contribution in [-0.4, -0.2) is 20.0 Å². The van der Waals surface area contributed by atoms with Gasteiger partial charge >= 0.3 is 10.4 Å². The fraction of sp³-hybridized carbons (Fsp3) is 0.667. The molecule has 1 fully saturated rings. The smallest absolute Gasteiger partial charge is 0.383 e. The predicted octanol–water partition coefficient (Wildman–Crippen LogP) is -1.07. The van der Waals surface area contributed by atoms with Crippen LogP contribution in [-0.2, 0) is 18.8 Å². The Labute approximate surface area is 57.8 Å². The number of amidine groups is 1. The van der Waals surface area contributed by atoms with E-state index in [2.05, 4.69) is 8.37 Å². The molecule has 7 heteroatoms. The van der Waals surface area contributed by atoms with E-state index in [0.29, 0.717) is 0 Å². The van der Waals surface area contributed by atoms with Crippen molar-refractivity contribution < 1.29 is 16.8 Å². The minimum atomic E-state index is -3.85. The van der Waals surface area contributed by atoms with Crippen molar-refractivity contribution in [3.05, 3.63) is 0 Å². The molecule has 0 spiro atoms. The number of nitrogens with two attached hydrogens (primary N) is 1. The van der Waals surface area contributed by atoms with Crippen molar-refractivity contribution in [2.24, 2.45) is 5.73 Å². The molecule has 0 bridgehead atoms. The largest absolute Gasteiger partial charge is 0.406 e. The van der Waals surface area contributed by atoms with Gasteiger partial charge in [0, 0.05) is 6.92 Å². The van der Waals surface area contributed by atoms with E-state index in [1.807, 2.05) is 0 Å². The first-order chi connectivity index (χ1) is 4.36. The second-order valence-electron chi connectivity index (χ2n) is 1.93. The maximum Gasteiger partial charge on any atom is 0.406 e. The molecule has 0 radical (unpaired) electrons. The lowest BCUT2D eigenvalue weighted by Crippen LogP contribution is -2.56. The normalized spacial score (nSPS) is 26.9. The molecule has 6 nitrogen and oxygen atoms in total. The van der Waals surface area contributed by atoms with Gasteiger partial charge in [-0.2, -0.15) is 8.42 Å². The average Bonchev–Trinajstić information content (AvgIpc) is 1.59. The van der Waals surface area contributed by atoms with Gasteiger partial charge in [-0.3, -0.25) is 5.41 Å². The summed E-state index contributed by atoms with van der Waals surface area (Å²) >= 11 is 0. The van der Waals surface area contributed by atoms with Crippen molar-refractivity contribution in [1.82, 2.24) is 0 Å². The van der Waals surface area contributed by atoms with Gasteiger partial charge in [-0.05, 0) is 0 Å². The molecule has 1 saturated heterocycles. The van der Waals surface area contributed by atoms with Gasteiger partial charge in [0.1, 0.15) is 0 Å². The maximum absolute atomic E-state index is 10.2. The summed E-state index contributed by atoms with van der Waals surface area (Å²) in [7, 11) is -3.85. The molecule has 1 aliphatic heterocycles. The van der Waals surface area contributed by atoms with Crippen molar-refractivity contribution in [1.29, 1.82) is 5.41 Å². The maximum atomic E-state index is 10.2. The first-order valence-electron chi connectivity index (χ1n) is 2.36. The standard InChI is InChI=1S/C3H6N2O4S/c1-3(2(4)5)8-10(6,7)9-3/h1H3,(H3,4,5). The van der Waals surface area contributed by atoms with Gasteiger partial charge in [0.05, 0.1) is 0 Å². The SMILES string of the molecule is CC1(C(=N)N)OS(=O)(=O)O1. The van der Waals surface area contributed by atoms with Crippen LogP contribution in [0.25, 0.3) is 0 Å². The molecule has 0 atom stereocenters. The topological polar surface area (TPSA) is 102 Å². The van der Waals surface area contributed by atoms with Gasteiger partial charge in [0.2, 0.25) is 0 Å². The van der Waals surface area contributed by atoms with Gasteiger partial charge in [-0.15, -0.1) is 0 Å². The molecule has 1 aliphatic rings. The summed E-state index contributed by atoms with van der Waals surface area (Å²) in [5.74, 6) is -2.04. The van der Waals surface area contributed by atoms with Crippen molar-refractivity contribution >= 4 is 16.2 Å². The second kappa shape index (κ2) is 1.68. The van der Waals surface area contributed by atoms with Gasteiger partial charge in [0.15, 0.2) is 5.84 Å². The Bertz CT molecular complexity index is 256. The van der Waals surface area contributed by atoms with Crippen LogP contribution in [0.5, 0.6) is 0 Å². The molecule has 3 N–H and O–H groups in total. The summed E-state index contributed by atoms with van der Waals surface area (Å²) in [5, 5.41) is 6.79. The Morgan fingerprint density at radius 1 is 1.60 bits per heavy atom. The highest BCUT2D eigenvalue weighted by atomic mass is 32.3. The summed E-state index contributed by atoms with van der Waals surface area (Å²) in [5.41, 5.74) is 4.92. The van der Waals surface area contributed by atoms with E-state index < -0.39 is 22.0 Å². The fourth-order valence-corrected chi connectivity index (χ4v) is 1.46. The van der Waals surface area contributed by atoms with Gasteiger partial charge in [0.25, 0.3) is 5.79 Å². The molecule has 0 saturated carbocycles. The monoisotopic (exact) mass is 166 g/mol. The van der Waals surface area contributed by atoms with Crippen LogP contribution in [0, 0.1) is 5.41 Å². The van der Waals surface area contributed by atoms with E-state index in [-0.39, 0.29) is 0 Å². The lowest BCUT2D eigenvalue weighted by molar-refractivity contribution is -0.118. The third kappa shape index (κ3) is 0.981. The van der Waals surface area contributed by atoms with Crippen LogP contribution in [0.15, 0.2) is 0 Å². The quantitative estimate of drug-likeness (QED) is 0.381. The van der Waals surface area contributed by atoms with Crippen LogP contribution in [0.3, 0.4) is 0 Å². The summed E-state index contributed by atoms with van der Waals surface area (Å²) in [6, 6.07) is 0.